The number of likely N-dealkylation sites (N-methyl/N-ethyl adjacent to an activating group) is 1. The van der Waals surface area contributed by atoms with E-state index in [1.54, 1.807) is 54.3 Å². The quantitative estimate of drug-likeness (QED) is 0.0138. The third-order valence-electron chi connectivity index (χ3n) is 14.5. The van der Waals surface area contributed by atoms with Gasteiger partial charge in [0.1, 0.15) is 48.9 Å². The number of hydrogen-bond donors (Lipinski definition) is 4. The number of rotatable bonds is 39. The Labute approximate surface area is 473 Å². The molecule has 19 heteroatoms. The number of phosphoric ester groups is 1. The molecule has 1 heterocycles. The van der Waals surface area contributed by atoms with E-state index >= 15 is 0 Å². The van der Waals surface area contributed by atoms with Gasteiger partial charge in [-0.25, -0.2) is 9.36 Å². The molecule has 438 valence electrons. The van der Waals surface area contributed by atoms with Gasteiger partial charge in [0.2, 0.25) is 0 Å². The van der Waals surface area contributed by atoms with E-state index < -0.39 is 49.0 Å². The number of nitrogens with zero attached hydrogens (tertiary/aromatic N) is 1. The molecule has 1 saturated carbocycles. The molecule has 2 aliphatic rings. The van der Waals surface area contributed by atoms with Gasteiger partial charge in [-0.05, 0) is 62.8 Å². The fraction of sp³-hybridized carbons (Fsp3) is 0.661. The highest BCUT2D eigenvalue weighted by molar-refractivity contribution is 8.77. The number of methoxy groups -OCH3 is 3. The van der Waals surface area contributed by atoms with E-state index in [1.807, 2.05) is 62.3 Å². The molecule has 1 aliphatic carbocycles. The van der Waals surface area contributed by atoms with E-state index in [4.69, 9.17) is 37.5 Å². The van der Waals surface area contributed by atoms with Gasteiger partial charge in [-0.15, -0.1) is 0 Å². The van der Waals surface area contributed by atoms with Crippen LogP contribution in [0.4, 0.5) is 4.79 Å². The van der Waals surface area contributed by atoms with Gasteiger partial charge in [0.15, 0.2) is 11.2 Å². The van der Waals surface area contributed by atoms with E-state index in [9.17, 15) is 29.3 Å². The van der Waals surface area contributed by atoms with Crippen LogP contribution in [0.3, 0.4) is 0 Å². The van der Waals surface area contributed by atoms with E-state index in [-0.39, 0.29) is 35.0 Å². The first kappa shape index (κ1) is 65.1. The van der Waals surface area contributed by atoms with Crippen LogP contribution in [0.5, 0.6) is 23.0 Å². The highest BCUT2D eigenvalue weighted by atomic mass is 33.1. The summed E-state index contributed by atoms with van der Waals surface area (Å²) in [7, 11) is 9.96. The molecule has 6 atom stereocenters. The number of alkyl carbamates (subject to hydrolysis) is 1. The van der Waals surface area contributed by atoms with Crippen LogP contribution in [-0.2, 0) is 39.1 Å². The molecule has 1 amide bonds. The Hall–Kier alpha value is -3.71. The molecule has 1 unspecified atom stereocenters. The van der Waals surface area contributed by atoms with E-state index in [0.29, 0.717) is 66.3 Å². The molecule has 78 heavy (non-hydrogen) atoms. The number of amides is 1. The Bertz CT molecular complexity index is 2310. The zero-order chi connectivity index (χ0) is 56.7. The molecule has 4 N–H and O–H groups in total. The van der Waals surface area contributed by atoms with Crippen molar-refractivity contribution in [2.45, 2.75) is 157 Å². The first-order valence-electron chi connectivity index (χ1n) is 28.2. The van der Waals surface area contributed by atoms with Crippen molar-refractivity contribution in [3.8, 4) is 23.0 Å². The van der Waals surface area contributed by atoms with Crippen molar-refractivity contribution in [3.05, 3.63) is 83.4 Å². The van der Waals surface area contributed by atoms with Crippen LogP contribution in [0.2, 0.25) is 0 Å². The summed E-state index contributed by atoms with van der Waals surface area (Å²) in [5.41, 5.74) is -2.53. The Morgan fingerprint density at radius 3 is 1.90 bits per heavy atom. The topological polar surface area (TPSA) is 198 Å². The number of hydrogen-bond acceptors (Lipinski definition) is 15. The summed E-state index contributed by atoms with van der Waals surface area (Å²) in [4.78, 5) is 36.0. The lowest BCUT2D eigenvalue weighted by Crippen LogP contribution is -2.52. The minimum atomic E-state index is -3.95. The van der Waals surface area contributed by atoms with Gasteiger partial charge in [-0.3, -0.25) is 13.8 Å². The number of benzene rings is 3. The Morgan fingerprint density at radius 2 is 1.32 bits per heavy atom. The van der Waals surface area contributed by atoms with Gasteiger partial charge in [-0.1, -0.05) is 154 Å². The standard InChI is InChI=1S/C59H91N2O14PS2/c1-57(2,78-77-41-29-22-20-18-16-14-12-10-9-11-13-15-17-19-21-27-39-73-76(66,67)74-40-37-61(3,4)5)44-72-56(64)60-36-26-28-38-71-48-42-49(69-7)53-50(43-48)75-59(46-32-34-47(68-6)35-33-46)52(45-30-24-23-25-31-45)51(55(63)70-8)54(62)58(53,59)65/h23-25,30-35,42-43,51-52,54,62,65H,9-22,26-29,36-41,44H2,1-8H3,(H-,60,64,66,67)/p+1/t51-,52-,54-,58+,59+/m1/s1. The molecule has 0 radical (unpaired) electrons. The second-order valence-corrected chi connectivity index (χ2v) is 26.8. The summed E-state index contributed by atoms with van der Waals surface area (Å²) < 4.78 is 57.8. The molecule has 5 rings (SSSR count). The SMILES string of the molecule is COC(=O)[C@H]1[C@@H](O)[C@@]2(O)c3c(OC)cc(OCCCCNC(=O)OCC(C)(C)SSCCCCCCCCCCCCCCCCCCOP(=O)(O)OCC[N+](C)(C)C)cc3O[C@@]2(c2ccc(OC)cc2)[C@@H]1c1ccccc1. The number of aliphatic hydroxyl groups is 2. The first-order valence-corrected chi connectivity index (χ1v) is 32.0. The maximum Gasteiger partial charge on any atom is 0.472 e. The molecule has 3 aromatic rings. The highest BCUT2D eigenvalue weighted by Gasteiger charge is 2.78. The van der Waals surface area contributed by atoms with Crippen molar-refractivity contribution >= 4 is 41.5 Å². The van der Waals surface area contributed by atoms with E-state index in [0.717, 1.165) is 25.0 Å². The summed E-state index contributed by atoms with van der Waals surface area (Å²) in [6.45, 7) is 6.32. The molecule has 0 bridgehead atoms. The number of carbonyl (C=O) groups is 2. The van der Waals surface area contributed by atoms with Crippen molar-refractivity contribution in [2.75, 3.05) is 87.7 Å². The number of ether oxygens (including phenoxy) is 6. The number of fused-ring (bicyclic) bond motifs is 3. The van der Waals surface area contributed by atoms with E-state index in [2.05, 4.69) is 19.2 Å². The molecule has 1 aliphatic heterocycles. The lowest BCUT2D eigenvalue weighted by atomic mass is 9.70. The predicted molar refractivity (Wildman–Crippen MR) is 310 cm³/mol. The molecule has 1 fully saturated rings. The minimum Gasteiger partial charge on any atom is -0.497 e. The maximum atomic E-state index is 13.6. The molecular formula is C59H92N2O14PS2+. The average molecular weight is 1150 g/mol. The van der Waals surface area contributed by atoms with Crippen LogP contribution in [0.25, 0.3) is 0 Å². The fourth-order valence-corrected chi connectivity index (χ4v) is 13.7. The van der Waals surface area contributed by atoms with Crippen molar-refractivity contribution < 1.29 is 71.2 Å². The van der Waals surface area contributed by atoms with Gasteiger partial charge in [-0.2, -0.15) is 0 Å². The average Bonchev–Trinajstić information content (AvgIpc) is 3.89. The highest BCUT2D eigenvalue weighted by Crippen LogP contribution is 2.70. The van der Waals surface area contributed by atoms with Crippen molar-refractivity contribution in [3.63, 3.8) is 0 Å². The molecule has 0 aromatic heterocycles. The van der Waals surface area contributed by atoms with Crippen LogP contribution in [0.1, 0.15) is 152 Å². The van der Waals surface area contributed by atoms with Gasteiger partial charge >= 0.3 is 19.9 Å². The number of unbranched alkanes of at least 4 members (excludes halogenated alkanes) is 16. The molecule has 0 spiro atoms. The monoisotopic (exact) mass is 1150 g/mol. The Morgan fingerprint density at radius 1 is 0.744 bits per heavy atom. The van der Waals surface area contributed by atoms with Crippen LogP contribution in [0, 0.1) is 5.92 Å². The smallest absolute Gasteiger partial charge is 0.472 e. The van der Waals surface area contributed by atoms with Crippen molar-refractivity contribution in [2.24, 2.45) is 5.92 Å². The number of aliphatic hydroxyl groups excluding tert-OH is 1. The summed E-state index contributed by atoms with van der Waals surface area (Å²) in [6, 6.07) is 19.5. The van der Waals surface area contributed by atoms with Crippen LogP contribution in [-0.4, -0.2) is 130 Å². The number of quaternary nitrogens is 1. The Kier molecular flexibility index (Phi) is 26.8. The van der Waals surface area contributed by atoms with Gasteiger partial charge in [0.05, 0.1) is 71.9 Å². The van der Waals surface area contributed by atoms with Crippen LogP contribution < -0.4 is 24.3 Å². The molecule has 3 aromatic carbocycles. The summed E-state index contributed by atoms with van der Waals surface area (Å²) >= 11 is 0. The second kappa shape index (κ2) is 32.1. The van der Waals surface area contributed by atoms with E-state index in [1.165, 1.54) is 97.7 Å². The van der Waals surface area contributed by atoms with Crippen molar-refractivity contribution in [1.82, 2.24) is 5.32 Å². The van der Waals surface area contributed by atoms with Crippen LogP contribution in [0.15, 0.2) is 66.7 Å². The summed E-state index contributed by atoms with van der Waals surface area (Å²) in [5, 5.41) is 28.2. The minimum absolute atomic E-state index is 0.196. The van der Waals surface area contributed by atoms with Gasteiger partial charge < -0.3 is 53.3 Å². The van der Waals surface area contributed by atoms with Crippen molar-refractivity contribution in [1.29, 1.82) is 0 Å². The third-order valence-corrected chi connectivity index (χ3v) is 18.9. The third kappa shape index (κ3) is 18.9. The number of esters is 1. The van der Waals surface area contributed by atoms with Gasteiger partial charge in [0.25, 0.3) is 0 Å². The second-order valence-electron chi connectivity index (χ2n) is 22.2. The maximum absolute atomic E-state index is 13.6. The summed E-state index contributed by atoms with van der Waals surface area (Å²) in [5.74, 6) is -0.275. The van der Waals surface area contributed by atoms with Crippen LogP contribution >= 0.6 is 29.4 Å². The molecular weight excluding hydrogens is 1060 g/mol. The number of nitrogens with one attached hydrogen (secondary N) is 1. The normalized spacial score (nSPS) is 20.5. The fourth-order valence-electron chi connectivity index (χ4n) is 10.4. The Balaban J connectivity index is 0.903. The largest absolute Gasteiger partial charge is 0.497 e. The zero-order valence-corrected chi connectivity index (χ0v) is 50.3. The summed E-state index contributed by atoms with van der Waals surface area (Å²) in [6.07, 6.45) is 18.7. The lowest BCUT2D eigenvalue weighted by Gasteiger charge is -2.40. The molecule has 16 nitrogen and oxygen atoms in total. The molecule has 0 saturated heterocycles. The number of carbonyl (C=O) groups excluding carboxylic acids is 2. The predicted octanol–water partition coefficient (Wildman–Crippen LogP) is 12.3. The first-order chi connectivity index (χ1) is 37.3. The lowest BCUT2D eigenvalue weighted by molar-refractivity contribution is -0.870. The number of phosphoric acid groups is 1. The zero-order valence-electron chi connectivity index (χ0n) is 47.8. The van der Waals surface area contributed by atoms with Gasteiger partial charge in [0, 0.05) is 30.3 Å².